The minimum Gasteiger partial charge on any atom is -0.372 e. The fourth-order valence-corrected chi connectivity index (χ4v) is 4.40. The van der Waals surface area contributed by atoms with Gasteiger partial charge in [0, 0.05) is 22.2 Å². The SMILES string of the molecule is CC(NC(=O)c1cc2cc(NC(=O)c3ccccc3-c3ccc(C(F)(F)F)cc3)ccc2[nH]1)c1ccccc1.NC=O. The maximum atomic E-state index is 13.2. The van der Waals surface area contributed by atoms with Crippen molar-refractivity contribution in [1.29, 1.82) is 0 Å². The molecule has 0 fully saturated rings. The van der Waals surface area contributed by atoms with E-state index in [-0.39, 0.29) is 18.4 Å². The fraction of sp³-hybridized carbons (Fsp3) is 0.0938. The lowest BCUT2D eigenvalue weighted by atomic mass is 9.98. The Balaban J connectivity index is 0.00000129. The molecule has 7 nitrogen and oxygen atoms in total. The molecule has 214 valence electrons. The van der Waals surface area contributed by atoms with Gasteiger partial charge in [-0.25, -0.2) is 0 Å². The highest BCUT2D eigenvalue weighted by molar-refractivity contribution is 6.09. The number of aromatic nitrogens is 1. The van der Waals surface area contributed by atoms with E-state index in [0.29, 0.717) is 28.1 Å². The Kier molecular flexibility index (Phi) is 9.06. The molecule has 0 radical (unpaired) electrons. The number of carbonyl (C=O) groups is 3. The van der Waals surface area contributed by atoms with Crippen molar-refractivity contribution >= 4 is 34.8 Å². The summed E-state index contributed by atoms with van der Waals surface area (Å²) in [6, 6.07) is 27.8. The van der Waals surface area contributed by atoms with Crippen LogP contribution >= 0.6 is 0 Å². The number of nitrogens with two attached hydrogens (primary N) is 1. The van der Waals surface area contributed by atoms with E-state index >= 15 is 0 Å². The Labute approximate surface area is 239 Å². The Morgan fingerprint density at radius 3 is 2.17 bits per heavy atom. The summed E-state index contributed by atoms with van der Waals surface area (Å²) in [5, 5.41) is 6.57. The number of halogens is 3. The molecular formula is C32H27F3N4O3. The van der Waals surface area contributed by atoms with Gasteiger partial charge in [-0.1, -0.05) is 60.7 Å². The molecule has 42 heavy (non-hydrogen) atoms. The topological polar surface area (TPSA) is 117 Å². The van der Waals surface area contributed by atoms with Gasteiger partial charge in [0.15, 0.2) is 0 Å². The summed E-state index contributed by atoms with van der Waals surface area (Å²) in [4.78, 5) is 37.7. The van der Waals surface area contributed by atoms with Gasteiger partial charge in [-0.3, -0.25) is 14.4 Å². The average molecular weight is 573 g/mol. The molecular weight excluding hydrogens is 545 g/mol. The lowest BCUT2D eigenvalue weighted by molar-refractivity contribution is -0.137. The van der Waals surface area contributed by atoms with Crippen LogP contribution in [0, 0.1) is 0 Å². The first-order valence-corrected chi connectivity index (χ1v) is 12.8. The third-order valence-corrected chi connectivity index (χ3v) is 6.47. The first-order chi connectivity index (χ1) is 20.1. The van der Waals surface area contributed by atoms with Gasteiger partial charge in [-0.2, -0.15) is 13.2 Å². The summed E-state index contributed by atoms with van der Waals surface area (Å²) in [6.07, 6.45) is -4.19. The number of hydrogen-bond acceptors (Lipinski definition) is 3. The van der Waals surface area contributed by atoms with Crippen LogP contribution in [0.2, 0.25) is 0 Å². The molecule has 0 bridgehead atoms. The van der Waals surface area contributed by atoms with Crippen LogP contribution in [-0.4, -0.2) is 23.2 Å². The third-order valence-electron chi connectivity index (χ3n) is 6.47. The van der Waals surface area contributed by atoms with E-state index in [1.54, 1.807) is 48.5 Å². The van der Waals surface area contributed by atoms with E-state index < -0.39 is 17.6 Å². The van der Waals surface area contributed by atoms with E-state index in [0.717, 1.165) is 28.6 Å². The van der Waals surface area contributed by atoms with Crippen LogP contribution in [0.15, 0.2) is 103 Å². The van der Waals surface area contributed by atoms with Crippen molar-refractivity contribution < 1.29 is 27.6 Å². The monoisotopic (exact) mass is 572 g/mol. The number of carbonyl (C=O) groups excluding carboxylic acids is 3. The smallest absolute Gasteiger partial charge is 0.372 e. The zero-order valence-corrected chi connectivity index (χ0v) is 22.4. The molecule has 5 N–H and O–H groups in total. The molecule has 4 aromatic carbocycles. The number of H-pyrrole nitrogens is 1. The van der Waals surface area contributed by atoms with E-state index in [9.17, 15) is 22.8 Å². The first kappa shape index (κ1) is 29.6. The van der Waals surface area contributed by atoms with Crippen LogP contribution in [0.25, 0.3) is 22.0 Å². The molecule has 0 aliphatic heterocycles. The van der Waals surface area contributed by atoms with Crippen LogP contribution < -0.4 is 16.4 Å². The highest BCUT2D eigenvalue weighted by Gasteiger charge is 2.30. The fourth-order valence-electron chi connectivity index (χ4n) is 4.40. The second-order valence-electron chi connectivity index (χ2n) is 9.30. The predicted molar refractivity (Wildman–Crippen MR) is 156 cm³/mol. The second kappa shape index (κ2) is 12.9. The summed E-state index contributed by atoms with van der Waals surface area (Å²) in [5.41, 5.74) is 7.37. The van der Waals surface area contributed by atoms with Gasteiger partial charge in [0.2, 0.25) is 6.41 Å². The van der Waals surface area contributed by atoms with Crippen molar-refractivity contribution in [2.75, 3.05) is 5.32 Å². The van der Waals surface area contributed by atoms with Crippen molar-refractivity contribution in [3.63, 3.8) is 0 Å². The van der Waals surface area contributed by atoms with Crippen LogP contribution in [0.3, 0.4) is 0 Å². The molecule has 1 atom stereocenters. The van der Waals surface area contributed by atoms with Crippen molar-refractivity contribution in [2.24, 2.45) is 5.73 Å². The summed E-state index contributed by atoms with van der Waals surface area (Å²) < 4.78 is 38.9. The minimum absolute atomic E-state index is 0.176. The van der Waals surface area contributed by atoms with Gasteiger partial charge in [0.25, 0.3) is 11.8 Å². The van der Waals surface area contributed by atoms with E-state index in [2.05, 4.69) is 21.4 Å². The zero-order chi connectivity index (χ0) is 30.3. The first-order valence-electron chi connectivity index (χ1n) is 12.8. The van der Waals surface area contributed by atoms with E-state index in [4.69, 9.17) is 4.79 Å². The highest BCUT2D eigenvalue weighted by Crippen LogP contribution is 2.32. The number of alkyl halides is 3. The van der Waals surface area contributed by atoms with Gasteiger partial charge in [0.05, 0.1) is 11.6 Å². The largest absolute Gasteiger partial charge is 0.416 e. The standard InChI is InChI=1S/C31H24F3N3O2.CH3NO/c1-19(20-7-3-2-4-8-20)35-30(39)28-18-22-17-24(15-16-27(22)37-28)36-29(38)26-10-6-5-9-25(26)21-11-13-23(14-12-21)31(32,33)34;2-1-3/h2-19,37H,1H3,(H,35,39)(H,36,38);1H,(H2,2,3). The third kappa shape index (κ3) is 7.03. The molecule has 5 rings (SSSR count). The summed E-state index contributed by atoms with van der Waals surface area (Å²) in [7, 11) is 0. The van der Waals surface area contributed by atoms with Crippen LogP contribution in [0.1, 0.15) is 44.9 Å². The number of primary amides is 1. The number of anilines is 1. The lowest BCUT2D eigenvalue weighted by Crippen LogP contribution is -2.26. The molecule has 10 heteroatoms. The number of amides is 3. The Bertz CT molecular complexity index is 1700. The van der Waals surface area contributed by atoms with Crippen LogP contribution in [0.5, 0.6) is 0 Å². The van der Waals surface area contributed by atoms with Crippen LogP contribution in [0.4, 0.5) is 18.9 Å². The second-order valence-corrected chi connectivity index (χ2v) is 9.30. The van der Waals surface area contributed by atoms with Crippen molar-refractivity contribution in [3.8, 4) is 11.1 Å². The number of aromatic amines is 1. The highest BCUT2D eigenvalue weighted by atomic mass is 19.4. The molecule has 1 aromatic heterocycles. The molecule has 0 aliphatic rings. The average Bonchev–Trinajstić information content (AvgIpc) is 3.41. The van der Waals surface area contributed by atoms with Gasteiger partial charge in [-0.05, 0) is 66.1 Å². The molecule has 5 aromatic rings. The van der Waals surface area contributed by atoms with Crippen molar-refractivity contribution in [2.45, 2.75) is 19.1 Å². The summed E-state index contributed by atoms with van der Waals surface area (Å²) in [6.45, 7) is 1.91. The van der Waals surface area contributed by atoms with Gasteiger partial charge < -0.3 is 21.4 Å². The molecule has 0 aliphatic carbocycles. The maximum absolute atomic E-state index is 13.2. The predicted octanol–water partition coefficient (Wildman–Crippen LogP) is 6.70. The number of nitrogens with one attached hydrogen (secondary N) is 3. The molecule has 3 amide bonds. The zero-order valence-electron chi connectivity index (χ0n) is 22.4. The van der Waals surface area contributed by atoms with Crippen molar-refractivity contribution in [1.82, 2.24) is 10.3 Å². The minimum atomic E-state index is -4.44. The number of benzene rings is 4. The Hall–Kier alpha value is -5.38. The van der Waals surface area contributed by atoms with Gasteiger partial charge >= 0.3 is 6.18 Å². The van der Waals surface area contributed by atoms with Gasteiger partial charge in [0.1, 0.15) is 5.69 Å². The lowest BCUT2D eigenvalue weighted by Gasteiger charge is -2.13. The van der Waals surface area contributed by atoms with E-state index in [1.165, 1.54) is 12.1 Å². The molecule has 0 saturated heterocycles. The molecule has 0 saturated carbocycles. The van der Waals surface area contributed by atoms with Gasteiger partial charge in [-0.15, -0.1) is 0 Å². The maximum Gasteiger partial charge on any atom is 0.416 e. The van der Waals surface area contributed by atoms with Crippen molar-refractivity contribution in [3.05, 3.63) is 126 Å². The summed E-state index contributed by atoms with van der Waals surface area (Å²) in [5.74, 6) is -0.659. The Morgan fingerprint density at radius 2 is 1.50 bits per heavy atom. The number of rotatable bonds is 6. The van der Waals surface area contributed by atoms with Crippen LogP contribution in [-0.2, 0) is 11.0 Å². The Morgan fingerprint density at radius 1 is 0.857 bits per heavy atom. The number of hydrogen-bond donors (Lipinski definition) is 4. The summed E-state index contributed by atoms with van der Waals surface area (Å²) >= 11 is 0. The normalized spacial score (nSPS) is 11.6. The number of fused-ring (bicyclic) bond motifs is 1. The van der Waals surface area contributed by atoms with E-state index in [1.807, 2.05) is 37.3 Å². The molecule has 1 unspecified atom stereocenters. The quantitative estimate of drug-likeness (QED) is 0.170. The molecule has 0 spiro atoms. The molecule has 1 heterocycles.